The zero-order valence-corrected chi connectivity index (χ0v) is 18.9. The number of carbonyl (C=O) groups is 3. The highest BCUT2D eigenvalue weighted by molar-refractivity contribution is 5.94. The van der Waals surface area contributed by atoms with Gasteiger partial charge in [-0.3, -0.25) is 15.0 Å². The molecule has 33 heavy (non-hydrogen) atoms. The number of hydrogen-bond donors (Lipinski definition) is 5. The molecule has 9 heteroatoms. The smallest absolute Gasteiger partial charge is 0.337 e. The number of esters is 1. The quantitative estimate of drug-likeness (QED) is 0.184. The summed E-state index contributed by atoms with van der Waals surface area (Å²) in [6.45, 7) is 2.97. The van der Waals surface area contributed by atoms with Gasteiger partial charge in [0.15, 0.2) is 0 Å². The maximum atomic E-state index is 12.0. The number of nitrogens with one attached hydrogen (secondary N) is 4. The van der Waals surface area contributed by atoms with Crippen molar-refractivity contribution in [2.24, 2.45) is 11.7 Å². The van der Waals surface area contributed by atoms with E-state index < -0.39 is 0 Å². The number of carbonyl (C=O) groups excluding carboxylic acids is 3. The molecule has 0 aliphatic rings. The van der Waals surface area contributed by atoms with Crippen molar-refractivity contribution in [2.75, 3.05) is 26.7 Å². The molecular formula is C24H31N5O4. The van der Waals surface area contributed by atoms with Gasteiger partial charge in [-0.1, -0.05) is 43.3 Å². The second-order valence-electron chi connectivity index (χ2n) is 7.80. The number of nitrogens with two attached hydrogens (primary N) is 1. The Morgan fingerprint density at radius 1 is 0.970 bits per heavy atom. The number of rotatable bonds is 12. The molecule has 9 nitrogen and oxygen atoms in total. The van der Waals surface area contributed by atoms with Gasteiger partial charge in [-0.05, 0) is 42.1 Å². The minimum Gasteiger partial charge on any atom is -0.465 e. The lowest BCUT2D eigenvalue weighted by Gasteiger charge is -2.13. The molecule has 1 unspecified atom stereocenters. The van der Waals surface area contributed by atoms with Gasteiger partial charge in [0.1, 0.15) is 5.84 Å². The van der Waals surface area contributed by atoms with Crippen LogP contribution >= 0.6 is 0 Å². The van der Waals surface area contributed by atoms with E-state index in [2.05, 4.69) is 16.0 Å². The van der Waals surface area contributed by atoms with Gasteiger partial charge in [0.25, 0.3) is 0 Å². The number of amides is 2. The van der Waals surface area contributed by atoms with Crippen LogP contribution in [0, 0.1) is 11.3 Å². The van der Waals surface area contributed by atoms with Crippen molar-refractivity contribution in [1.82, 2.24) is 16.0 Å². The Morgan fingerprint density at radius 3 is 2.33 bits per heavy atom. The first-order valence-corrected chi connectivity index (χ1v) is 10.6. The summed E-state index contributed by atoms with van der Waals surface area (Å²) in [6.07, 6.45) is 0.745. The van der Waals surface area contributed by atoms with Gasteiger partial charge < -0.3 is 26.4 Å². The molecule has 0 spiro atoms. The van der Waals surface area contributed by atoms with Crippen LogP contribution in [0.25, 0.3) is 0 Å². The van der Waals surface area contributed by atoms with Gasteiger partial charge in [-0.15, -0.1) is 0 Å². The summed E-state index contributed by atoms with van der Waals surface area (Å²) in [5.41, 5.74) is 8.43. The molecule has 2 aromatic rings. The summed E-state index contributed by atoms with van der Waals surface area (Å²) in [7, 11) is 1.35. The predicted molar refractivity (Wildman–Crippen MR) is 126 cm³/mol. The first-order chi connectivity index (χ1) is 15.8. The molecule has 2 aromatic carbocycles. The first-order valence-electron chi connectivity index (χ1n) is 10.6. The van der Waals surface area contributed by atoms with Gasteiger partial charge >= 0.3 is 5.97 Å². The van der Waals surface area contributed by atoms with Crippen molar-refractivity contribution in [3.8, 4) is 0 Å². The fourth-order valence-electron chi connectivity index (χ4n) is 3.16. The van der Waals surface area contributed by atoms with Crippen molar-refractivity contribution >= 4 is 23.6 Å². The van der Waals surface area contributed by atoms with Crippen LogP contribution in [0.3, 0.4) is 0 Å². The van der Waals surface area contributed by atoms with E-state index in [1.165, 1.54) is 7.11 Å². The van der Waals surface area contributed by atoms with Crippen molar-refractivity contribution in [2.45, 2.75) is 19.9 Å². The fraction of sp³-hybridized carbons (Fsp3) is 0.333. The molecule has 0 fully saturated rings. The SMILES string of the molecule is COC(=O)c1cccc(CC(C)CNCC(=O)NCC(=O)NCc2ccc(C(=N)N)cc2)c1. The lowest BCUT2D eigenvalue weighted by Crippen LogP contribution is -2.41. The fourth-order valence-corrected chi connectivity index (χ4v) is 3.16. The second kappa shape index (κ2) is 13.0. The molecule has 2 amide bonds. The Hall–Kier alpha value is -3.72. The lowest BCUT2D eigenvalue weighted by molar-refractivity contribution is -0.125. The Labute approximate surface area is 193 Å². The number of nitrogen functional groups attached to an aromatic ring is 1. The van der Waals surface area contributed by atoms with E-state index >= 15 is 0 Å². The van der Waals surface area contributed by atoms with Crippen molar-refractivity contribution in [3.63, 3.8) is 0 Å². The Kier molecular flexibility index (Phi) is 10.0. The summed E-state index contributed by atoms with van der Waals surface area (Å²) < 4.78 is 4.74. The Bertz CT molecular complexity index is 975. The number of hydrogen-bond acceptors (Lipinski definition) is 6. The van der Waals surface area contributed by atoms with Gasteiger partial charge in [0.2, 0.25) is 11.8 Å². The molecule has 1 atom stereocenters. The van der Waals surface area contributed by atoms with Gasteiger partial charge in [0, 0.05) is 12.1 Å². The highest BCUT2D eigenvalue weighted by Gasteiger charge is 2.10. The molecule has 0 aromatic heterocycles. The second-order valence-corrected chi connectivity index (χ2v) is 7.80. The normalized spacial score (nSPS) is 11.3. The average molecular weight is 454 g/mol. The topological polar surface area (TPSA) is 146 Å². The van der Waals surface area contributed by atoms with Crippen LogP contribution in [0.2, 0.25) is 0 Å². The van der Waals surface area contributed by atoms with Crippen LogP contribution in [-0.4, -0.2) is 50.4 Å². The zero-order valence-electron chi connectivity index (χ0n) is 18.9. The molecule has 0 saturated carbocycles. The molecule has 0 aliphatic carbocycles. The molecule has 6 N–H and O–H groups in total. The first kappa shape index (κ1) is 25.5. The monoisotopic (exact) mass is 453 g/mol. The molecule has 0 radical (unpaired) electrons. The van der Waals surface area contributed by atoms with Gasteiger partial charge in [-0.2, -0.15) is 0 Å². The van der Waals surface area contributed by atoms with E-state index in [1.54, 1.807) is 30.3 Å². The summed E-state index contributed by atoms with van der Waals surface area (Å²) in [5.74, 6) is -0.699. The molecule has 176 valence electrons. The van der Waals surface area contributed by atoms with Crippen LogP contribution in [0.4, 0.5) is 0 Å². The van der Waals surface area contributed by atoms with Crippen molar-refractivity contribution in [1.29, 1.82) is 5.41 Å². The van der Waals surface area contributed by atoms with Crippen LogP contribution < -0.4 is 21.7 Å². The highest BCUT2D eigenvalue weighted by Crippen LogP contribution is 2.11. The van der Waals surface area contributed by atoms with E-state index in [1.807, 2.05) is 25.1 Å². The largest absolute Gasteiger partial charge is 0.465 e. The van der Waals surface area contributed by atoms with Gasteiger partial charge in [0.05, 0.1) is 25.8 Å². The Morgan fingerprint density at radius 2 is 1.67 bits per heavy atom. The minimum absolute atomic E-state index is 0.0101. The third-order valence-corrected chi connectivity index (χ3v) is 4.91. The molecular weight excluding hydrogens is 422 g/mol. The minimum atomic E-state index is -0.366. The summed E-state index contributed by atoms with van der Waals surface area (Å²) in [5, 5.41) is 15.8. The molecule has 0 aliphatic heterocycles. The van der Waals surface area contributed by atoms with Crippen LogP contribution in [-0.2, 0) is 27.3 Å². The number of amidine groups is 1. The highest BCUT2D eigenvalue weighted by atomic mass is 16.5. The van der Waals surface area contributed by atoms with Crippen molar-refractivity contribution < 1.29 is 19.1 Å². The van der Waals surface area contributed by atoms with Crippen LogP contribution in [0.1, 0.15) is 34.0 Å². The van der Waals surface area contributed by atoms with Crippen LogP contribution in [0.15, 0.2) is 48.5 Å². The number of methoxy groups -OCH3 is 1. The standard InChI is InChI=1S/C24H31N5O4/c1-16(10-18-4-3-5-20(11-18)24(32)33-2)12-27-14-21(30)29-15-22(31)28-13-17-6-8-19(9-7-17)23(25)26/h3-9,11,16,27H,10,12-15H2,1-2H3,(H3,25,26)(H,28,31)(H,29,30). The van der Waals surface area contributed by atoms with Gasteiger partial charge in [-0.25, -0.2) is 4.79 Å². The Balaban J connectivity index is 1.63. The zero-order chi connectivity index (χ0) is 24.2. The summed E-state index contributed by atoms with van der Waals surface area (Å²) >= 11 is 0. The maximum Gasteiger partial charge on any atom is 0.337 e. The third kappa shape index (κ3) is 9.12. The summed E-state index contributed by atoms with van der Waals surface area (Å²) in [6, 6.07) is 14.3. The molecule has 0 heterocycles. The third-order valence-electron chi connectivity index (χ3n) is 4.91. The number of benzene rings is 2. The predicted octanol–water partition coefficient (Wildman–Crippen LogP) is 0.958. The summed E-state index contributed by atoms with van der Waals surface area (Å²) in [4.78, 5) is 35.6. The van der Waals surface area contributed by atoms with Crippen LogP contribution in [0.5, 0.6) is 0 Å². The lowest BCUT2D eigenvalue weighted by atomic mass is 9.99. The van der Waals surface area contributed by atoms with E-state index in [0.29, 0.717) is 24.2 Å². The van der Waals surface area contributed by atoms with E-state index in [4.69, 9.17) is 15.9 Å². The molecule has 0 bridgehead atoms. The maximum absolute atomic E-state index is 12.0. The average Bonchev–Trinajstić information content (AvgIpc) is 2.81. The molecule has 2 rings (SSSR count). The number of ether oxygens (including phenoxy) is 1. The van der Waals surface area contributed by atoms with Crippen molar-refractivity contribution in [3.05, 3.63) is 70.8 Å². The van der Waals surface area contributed by atoms with E-state index in [9.17, 15) is 14.4 Å². The molecule has 0 saturated heterocycles. The van der Waals surface area contributed by atoms with E-state index in [0.717, 1.165) is 17.5 Å². The van der Waals surface area contributed by atoms with E-state index in [-0.39, 0.29) is 42.6 Å².